The van der Waals surface area contributed by atoms with Crippen molar-refractivity contribution in [3.63, 3.8) is 0 Å². The van der Waals surface area contributed by atoms with Gasteiger partial charge in [0.05, 0.1) is 12.3 Å². The maximum Gasteiger partial charge on any atom is 0.411 e. The van der Waals surface area contributed by atoms with Gasteiger partial charge in [-0.1, -0.05) is 23.2 Å². The first kappa shape index (κ1) is 17.4. The van der Waals surface area contributed by atoms with Crippen LogP contribution in [0, 0.1) is 11.3 Å². The van der Waals surface area contributed by atoms with E-state index in [1.54, 1.807) is 0 Å². The number of halogens is 5. The highest BCUT2D eigenvalue weighted by Crippen LogP contribution is 2.45. The quantitative estimate of drug-likeness (QED) is 0.704. The van der Waals surface area contributed by atoms with E-state index < -0.39 is 29.4 Å². The first-order valence-corrected chi connectivity index (χ1v) is 6.96. The summed E-state index contributed by atoms with van der Waals surface area (Å²) in [6.07, 6.45) is -5.00. The van der Waals surface area contributed by atoms with Gasteiger partial charge in [-0.25, -0.2) is 0 Å². The molecule has 0 saturated heterocycles. The van der Waals surface area contributed by atoms with Gasteiger partial charge in [0.2, 0.25) is 0 Å². The molecule has 1 heterocycles. The number of carbonyl (C=O) groups is 1. The molecule has 0 saturated carbocycles. The minimum Gasteiger partial charge on any atom is -0.461 e. The Morgan fingerprint density at radius 1 is 1.22 bits per heavy atom. The predicted molar refractivity (Wildman–Crippen MR) is 77.5 cm³/mol. The number of carbonyl (C=O) groups excluding carboxylic acids is 1. The summed E-state index contributed by atoms with van der Waals surface area (Å²) < 4.78 is 45.7. The van der Waals surface area contributed by atoms with Crippen LogP contribution in [0.1, 0.15) is 22.5 Å². The Morgan fingerprint density at radius 2 is 1.83 bits per heavy atom. The highest BCUT2D eigenvalue weighted by molar-refractivity contribution is 6.34. The molecule has 1 aromatic carbocycles. The summed E-state index contributed by atoms with van der Waals surface area (Å²) in [6.45, 7) is 0. The van der Waals surface area contributed by atoms with Gasteiger partial charge in [-0.15, -0.1) is 0 Å². The summed E-state index contributed by atoms with van der Waals surface area (Å²) in [5, 5.41) is 9.12. The Hall–Kier alpha value is -1.97. The van der Waals surface area contributed by atoms with Crippen molar-refractivity contribution in [3.8, 4) is 6.07 Å². The Bertz CT molecular complexity index is 746. The lowest BCUT2D eigenvalue weighted by Crippen LogP contribution is -2.43. The van der Waals surface area contributed by atoms with Gasteiger partial charge in [0.15, 0.2) is 17.0 Å². The molecule has 0 aliphatic rings. The van der Waals surface area contributed by atoms with E-state index in [4.69, 9.17) is 27.6 Å². The van der Waals surface area contributed by atoms with Crippen LogP contribution in [-0.2, 0) is 5.41 Å². The zero-order valence-electron chi connectivity index (χ0n) is 11.3. The normalized spacial score (nSPS) is 14.1. The summed E-state index contributed by atoms with van der Waals surface area (Å²) in [5.74, 6) is -1.22. The molecule has 0 bridgehead atoms. The van der Waals surface area contributed by atoms with E-state index in [1.165, 1.54) is 24.3 Å². The second kappa shape index (κ2) is 6.26. The molecular formula is C15H8Cl2F3NO2. The van der Waals surface area contributed by atoms with Crippen LogP contribution in [0.25, 0.3) is 0 Å². The highest BCUT2D eigenvalue weighted by Gasteiger charge is 2.58. The molecule has 120 valence electrons. The van der Waals surface area contributed by atoms with Crippen LogP contribution in [-0.4, -0.2) is 12.0 Å². The molecule has 3 nitrogen and oxygen atoms in total. The van der Waals surface area contributed by atoms with Crippen molar-refractivity contribution in [1.82, 2.24) is 0 Å². The topological polar surface area (TPSA) is 54.0 Å². The molecule has 0 spiro atoms. The van der Waals surface area contributed by atoms with E-state index in [9.17, 15) is 23.2 Å². The second-order valence-corrected chi connectivity index (χ2v) is 5.62. The monoisotopic (exact) mass is 361 g/mol. The molecule has 2 rings (SSSR count). The Morgan fingerprint density at radius 3 is 2.26 bits per heavy atom. The Balaban J connectivity index is 2.57. The molecule has 23 heavy (non-hydrogen) atoms. The van der Waals surface area contributed by atoms with Crippen LogP contribution in [0.15, 0.2) is 41.0 Å². The standard InChI is InChI=1S/C15H8Cl2F3NO2/c16-10-4-9(5-11(17)6-10)14(8-21,15(18,19)20)7-12(22)13-2-1-3-23-13/h1-6H,7H2. The first-order valence-electron chi connectivity index (χ1n) is 6.21. The van der Waals surface area contributed by atoms with Gasteiger partial charge in [0, 0.05) is 16.5 Å². The number of hydrogen-bond acceptors (Lipinski definition) is 3. The molecule has 0 fully saturated rings. The molecule has 1 atom stereocenters. The number of benzene rings is 1. The van der Waals surface area contributed by atoms with Crippen molar-refractivity contribution in [2.75, 3.05) is 0 Å². The highest BCUT2D eigenvalue weighted by atomic mass is 35.5. The zero-order chi connectivity index (χ0) is 17.3. The van der Waals surface area contributed by atoms with Crippen LogP contribution in [0.4, 0.5) is 13.2 Å². The molecular weight excluding hydrogens is 354 g/mol. The number of alkyl halides is 3. The minimum atomic E-state index is -5.02. The van der Waals surface area contributed by atoms with Gasteiger partial charge >= 0.3 is 6.18 Å². The SMILES string of the molecule is N#CC(CC(=O)c1ccco1)(c1cc(Cl)cc(Cl)c1)C(F)(F)F. The van der Waals surface area contributed by atoms with E-state index in [-0.39, 0.29) is 15.8 Å². The van der Waals surface area contributed by atoms with E-state index in [1.807, 2.05) is 0 Å². The number of hydrogen-bond donors (Lipinski definition) is 0. The summed E-state index contributed by atoms with van der Waals surface area (Å²) in [4.78, 5) is 12.1. The predicted octanol–water partition coefficient (Wildman–Crippen LogP) is 5.18. The molecule has 0 N–H and O–H groups in total. The second-order valence-electron chi connectivity index (χ2n) is 4.75. The summed E-state index contributed by atoms with van der Waals surface area (Å²) in [7, 11) is 0. The van der Waals surface area contributed by atoms with Gasteiger partial charge in [-0.3, -0.25) is 4.79 Å². The number of Topliss-reactive ketones (excluding diaryl/α,β-unsaturated/α-hetero) is 1. The third-order valence-electron chi connectivity index (χ3n) is 3.25. The van der Waals surface area contributed by atoms with E-state index >= 15 is 0 Å². The molecule has 0 aliphatic carbocycles. The molecule has 2 aromatic rings. The van der Waals surface area contributed by atoms with Crippen LogP contribution < -0.4 is 0 Å². The van der Waals surface area contributed by atoms with Crippen molar-refractivity contribution < 1.29 is 22.4 Å². The third-order valence-corrected chi connectivity index (χ3v) is 3.69. The first-order chi connectivity index (χ1) is 10.7. The Labute approximate surface area is 139 Å². The number of ketones is 1. The fraction of sp³-hybridized carbons (Fsp3) is 0.200. The number of furan rings is 1. The number of nitriles is 1. The maximum absolute atomic E-state index is 13.6. The summed E-state index contributed by atoms with van der Waals surface area (Å²) in [5.41, 5.74) is -3.57. The van der Waals surface area contributed by atoms with Crippen molar-refractivity contribution >= 4 is 29.0 Å². The van der Waals surface area contributed by atoms with Gasteiger partial charge in [-0.05, 0) is 35.9 Å². The largest absolute Gasteiger partial charge is 0.461 e. The van der Waals surface area contributed by atoms with Crippen molar-refractivity contribution in [2.24, 2.45) is 0 Å². The fourth-order valence-electron chi connectivity index (χ4n) is 2.10. The molecule has 8 heteroatoms. The molecule has 0 radical (unpaired) electrons. The van der Waals surface area contributed by atoms with Crippen LogP contribution >= 0.6 is 23.2 Å². The van der Waals surface area contributed by atoms with Gasteiger partial charge in [0.25, 0.3) is 0 Å². The van der Waals surface area contributed by atoms with Crippen molar-refractivity contribution in [2.45, 2.75) is 18.0 Å². The molecule has 0 aliphatic heterocycles. The minimum absolute atomic E-state index is 0.0678. The van der Waals surface area contributed by atoms with E-state index in [0.29, 0.717) is 0 Å². The summed E-state index contributed by atoms with van der Waals surface area (Å²) >= 11 is 11.5. The average molecular weight is 362 g/mol. The maximum atomic E-state index is 13.6. The number of rotatable bonds is 4. The third kappa shape index (κ3) is 3.36. The molecule has 1 aromatic heterocycles. The van der Waals surface area contributed by atoms with E-state index in [2.05, 4.69) is 0 Å². The zero-order valence-corrected chi connectivity index (χ0v) is 12.8. The van der Waals surface area contributed by atoms with E-state index in [0.717, 1.165) is 18.4 Å². The smallest absolute Gasteiger partial charge is 0.411 e. The van der Waals surface area contributed by atoms with Crippen LogP contribution in [0.5, 0.6) is 0 Å². The number of nitrogens with zero attached hydrogens (tertiary/aromatic N) is 1. The fourth-order valence-corrected chi connectivity index (χ4v) is 2.62. The van der Waals surface area contributed by atoms with Gasteiger partial charge in [0.1, 0.15) is 0 Å². The van der Waals surface area contributed by atoms with Gasteiger partial charge in [-0.2, -0.15) is 18.4 Å². The van der Waals surface area contributed by atoms with Gasteiger partial charge < -0.3 is 4.42 Å². The van der Waals surface area contributed by atoms with Crippen LogP contribution in [0.2, 0.25) is 10.0 Å². The Kier molecular flexibility index (Phi) is 4.73. The average Bonchev–Trinajstić information content (AvgIpc) is 2.96. The molecule has 0 amide bonds. The molecule has 1 unspecified atom stereocenters. The lowest BCUT2D eigenvalue weighted by atomic mass is 9.76. The van der Waals surface area contributed by atoms with Crippen molar-refractivity contribution in [1.29, 1.82) is 5.26 Å². The van der Waals surface area contributed by atoms with Crippen LogP contribution in [0.3, 0.4) is 0 Å². The van der Waals surface area contributed by atoms with Crippen molar-refractivity contribution in [3.05, 3.63) is 58.0 Å². The lowest BCUT2D eigenvalue weighted by molar-refractivity contribution is -0.172. The lowest BCUT2D eigenvalue weighted by Gasteiger charge is -2.29. The summed E-state index contributed by atoms with van der Waals surface area (Å²) in [6, 6.07) is 6.99.